The second kappa shape index (κ2) is 8.38. The maximum absolute atomic E-state index is 13.8. The number of carbonyl (C=O) groups excluding carboxylic acids is 1. The fourth-order valence-electron chi connectivity index (χ4n) is 4.19. The molecule has 3 aromatic heterocycles. The second-order valence-electron chi connectivity index (χ2n) is 7.74. The van der Waals surface area contributed by atoms with Crippen molar-refractivity contribution in [2.45, 2.75) is 18.9 Å². The van der Waals surface area contributed by atoms with Crippen molar-refractivity contribution in [2.75, 3.05) is 23.9 Å². The second-order valence-corrected chi connectivity index (χ2v) is 7.74. The van der Waals surface area contributed by atoms with Gasteiger partial charge in [0.1, 0.15) is 28.8 Å². The Bertz CT molecular complexity index is 1400. The number of anilines is 2. The van der Waals surface area contributed by atoms with E-state index in [2.05, 4.69) is 20.3 Å². The minimum absolute atomic E-state index is 0.00576. The van der Waals surface area contributed by atoms with Gasteiger partial charge in [0, 0.05) is 18.8 Å². The molecule has 1 atom stereocenters. The molecule has 33 heavy (non-hydrogen) atoms. The summed E-state index contributed by atoms with van der Waals surface area (Å²) in [5.74, 6) is 0.131. The highest BCUT2D eigenvalue weighted by atomic mass is 19.1. The molecule has 0 spiro atoms. The average Bonchev–Trinajstić information content (AvgIpc) is 3.46. The van der Waals surface area contributed by atoms with Crippen LogP contribution in [0.1, 0.15) is 34.9 Å². The summed E-state index contributed by atoms with van der Waals surface area (Å²) < 4.78 is 20.5. The molecule has 5 rings (SSSR count). The number of nitrogens with zero attached hydrogens (tertiary/aromatic N) is 4. The van der Waals surface area contributed by atoms with Gasteiger partial charge in [-0.3, -0.25) is 9.59 Å². The number of fused-ring (bicyclic) bond motifs is 1. The molecule has 1 amide bonds. The summed E-state index contributed by atoms with van der Waals surface area (Å²) in [6, 6.07) is 11.2. The molecule has 2 N–H and O–H groups in total. The lowest BCUT2D eigenvalue weighted by Gasteiger charge is -2.26. The van der Waals surface area contributed by atoms with Crippen LogP contribution in [0.5, 0.6) is 5.75 Å². The van der Waals surface area contributed by atoms with Gasteiger partial charge in [0.2, 0.25) is 5.56 Å². The molecule has 168 valence electrons. The predicted octanol–water partition coefficient (Wildman–Crippen LogP) is 3.16. The highest BCUT2D eigenvalue weighted by molar-refractivity contribution is 6.06. The van der Waals surface area contributed by atoms with E-state index in [0.29, 0.717) is 17.2 Å². The Balaban J connectivity index is 1.46. The van der Waals surface area contributed by atoms with Gasteiger partial charge in [-0.05, 0) is 42.7 Å². The van der Waals surface area contributed by atoms with E-state index < -0.39 is 11.5 Å². The third kappa shape index (κ3) is 3.91. The molecule has 10 heteroatoms. The predicted molar refractivity (Wildman–Crippen MR) is 120 cm³/mol. The first-order chi connectivity index (χ1) is 16.0. The Morgan fingerprint density at radius 3 is 2.97 bits per heavy atom. The van der Waals surface area contributed by atoms with Crippen LogP contribution in [0, 0.1) is 5.82 Å². The number of carbonyl (C=O) groups is 1. The van der Waals surface area contributed by atoms with Crippen LogP contribution in [-0.2, 0) is 0 Å². The number of ether oxygens (including phenoxy) is 1. The molecule has 9 nitrogen and oxygen atoms in total. The molecule has 0 radical (unpaired) electrons. The van der Waals surface area contributed by atoms with Crippen LogP contribution in [0.3, 0.4) is 0 Å². The summed E-state index contributed by atoms with van der Waals surface area (Å²) in [4.78, 5) is 33.9. The Hall–Kier alpha value is -4.21. The molecule has 1 aliphatic heterocycles. The number of hydrogen-bond acceptors (Lipinski definition) is 6. The molecule has 1 saturated heterocycles. The molecule has 1 aliphatic rings. The molecule has 4 aromatic rings. The maximum Gasteiger partial charge on any atom is 0.276 e. The van der Waals surface area contributed by atoms with Gasteiger partial charge in [0.25, 0.3) is 5.91 Å². The highest BCUT2D eigenvalue weighted by Gasteiger charge is 2.28. The van der Waals surface area contributed by atoms with Crippen LogP contribution in [0.2, 0.25) is 0 Å². The lowest BCUT2D eigenvalue weighted by Crippen LogP contribution is -2.24. The Kier molecular flexibility index (Phi) is 5.25. The highest BCUT2D eigenvalue weighted by Crippen LogP contribution is 2.36. The summed E-state index contributed by atoms with van der Waals surface area (Å²) in [6.45, 7) is 0.780. The van der Waals surface area contributed by atoms with E-state index in [1.54, 1.807) is 22.8 Å². The zero-order valence-electron chi connectivity index (χ0n) is 17.8. The smallest absolute Gasteiger partial charge is 0.276 e. The van der Waals surface area contributed by atoms with Crippen LogP contribution >= 0.6 is 0 Å². The van der Waals surface area contributed by atoms with Crippen LogP contribution in [-0.4, -0.2) is 39.1 Å². The van der Waals surface area contributed by atoms with Crippen LogP contribution in [0.25, 0.3) is 5.65 Å². The molecule has 0 aliphatic carbocycles. The number of aromatic nitrogens is 4. The Labute approximate surface area is 187 Å². The van der Waals surface area contributed by atoms with E-state index in [1.807, 2.05) is 12.1 Å². The SMILES string of the molecule is COc1ccc(=O)[nH]c1C(=O)Nc1cnn2ccc(N3CCC[C@@H]3c3cccc(F)c3)nc12. The van der Waals surface area contributed by atoms with E-state index in [-0.39, 0.29) is 23.3 Å². The molecule has 4 heterocycles. The van der Waals surface area contributed by atoms with Gasteiger partial charge < -0.3 is 19.9 Å². The van der Waals surface area contributed by atoms with Crippen molar-refractivity contribution in [3.05, 3.63) is 82.3 Å². The van der Waals surface area contributed by atoms with E-state index in [4.69, 9.17) is 9.72 Å². The normalized spacial score (nSPS) is 15.7. The quantitative estimate of drug-likeness (QED) is 0.486. The monoisotopic (exact) mass is 448 g/mol. The molecular formula is C23H21FN6O3. The summed E-state index contributed by atoms with van der Waals surface area (Å²) in [5.41, 5.74) is 1.32. The van der Waals surface area contributed by atoms with Gasteiger partial charge in [-0.15, -0.1) is 0 Å². The van der Waals surface area contributed by atoms with Crippen LogP contribution in [0.4, 0.5) is 15.9 Å². The van der Waals surface area contributed by atoms with Crippen molar-refractivity contribution >= 4 is 23.1 Å². The summed E-state index contributed by atoms with van der Waals surface area (Å²) >= 11 is 0. The van der Waals surface area contributed by atoms with Crippen molar-refractivity contribution in [2.24, 2.45) is 0 Å². The molecule has 0 saturated carbocycles. The minimum atomic E-state index is -0.550. The van der Waals surface area contributed by atoms with Gasteiger partial charge >= 0.3 is 0 Å². The lowest BCUT2D eigenvalue weighted by atomic mass is 10.0. The topological polar surface area (TPSA) is 105 Å². The molecule has 1 fully saturated rings. The van der Waals surface area contributed by atoms with E-state index in [9.17, 15) is 14.0 Å². The van der Waals surface area contributed by atoms with Gasteiger partial charge in [-0.25, -0.2) is 13.9 Å². The van der Waals surface area contributed by atoms with E-state index in [1.165, 1.54) is 31.5 Å². The zero-order chi connectivity index (χ0) is 22.9. The molecule has 1 aromatic carbocycles. The maximum atomic E-state index is 13.8. The first-order valence-corrected chi connectivity index (χ1v) is 10.5. The largest absolute Gasteiger partial charge is 0.494 e. The summed E-state index contributed by atoms with van der Waals surface area (Å²) in [5, 5.41) is 7.00. The zero-order valence-corrected chi connectivity index (χ0v) is 17.8. The number of halogens is 1. The van der Waals surface area contributed by atoms with Crippen molar-refractivity contribution in [3.63, 3.8) is 0 Å². The molecule has 0 unspecified atom stereocenters. The number of methoxy groups -OCH3 is 1. The minimum Gasteiger partial charge on any atom is -0.494 e. The first-order valence-electron chi connectivity index (χ1n) is 10.5. The van der Waals surface area contributed by atoms with Crippen molar-refractivity contribution in [1.82, 2.24) is 19.6 Å². The third-order valence-corrected chi connectivity index (χ3v) is 5.71. The average molecular weight is 448 g/mol. The van der Waals surface area contributed by atoms with Gasteiger partial charge in [-0.2, -0.15) is 5.10 Å². The number of amides is 1. The summed E-state index contributed by atoms with van der Waals surface area (Å²) in [7, 11) is 1.42. The van der Waals surface area contributed by atoms with E-state index >= 15 is 0 Å². The van der Waals surface area contributed by atoms with Crippen LogP contribution in [0.15, 0.2) is 59.7 Å². The fourth-order valence-corrected chi connectivity index (χ4v) is 4.19. The molecule has 0 bridgehead atoms. The number of H-pyrrole nitrogens is 1. The van der Waals surface area contributed by atoms with E-state index in [0.717, 1.165) is 24.9 Å². The van der Waals surface area contributed by atoms with Gasteiger partial charge in [-0.1, -0.05) is 12.1 Å². The number of pyridine rings is 1. The Morgan fingerprint density at radius 1 is 1.27 bits per heavy atom. The first kappa shape index (κ1) is 20.7. The fraction of sp³-hybridized carbons (Fsp3) is 0.217. The van der Waals surface area contributed by atoms with Gasteiger partial charge in [0.15, 0.2) is 5.65 Å². The number of nitrogens with one attached hydrogen (secondary N) is 2. The molecular weight excluding hydrogens is 427 g/mol. The Morgan fingerprint density at radius 2 is 2.15 bits per heavy atom. The number of benzene rings is 1. The van der Waals surface area contributed by atoms with Crippen LogP contribution < -0.4 is 20.5 Å². The number of hydrogen-bond donors (Lipinski definition) is 2. The third-order valence-electron chi connectivity index (χ3n) is 5.71. The number of aromatic amines is 1. The van der Waals surface area contributed by atoms with Crippen molar-refractivity contribution in [3.8, 4) is 5.75 Å². The number of rotatable bonds is 5. The summed E-state index contributed by atoms with van der Waals surface area (Å²) in [6.07, 6.45) is 5.10. The standard InChI is InChI=1S/C23H21FN6O3/c1-33-18-7-8-20(31)28-21(18)23(32)26-16-13-25-30-11-9-19(27-22(16)30)29-10-3-6-17(29)14-4-2-5-15(24)12-14/h2,4-5,7-9,11-13,17H,3,6,10H2,1H3,(H,26,32)(H,28,31)/t17-/m1/s1. The van der Waals surface area contributed by atoms with Gasteiger partial charge in [0.05, 0.1) is 19.3 Å². The van der Waals surface area contributed by atoms with Crippen molar-refractivity contribution < 1.29 is 13.9 Å². The lowest BCUT2D eigenvalue weighted by molar-refractivity contribution is 0.101. The van der Waals surface area contributed by atoms with Crippen molar-refractivity contribution in [1.29, 1.82) is 0 Å².